The van der Waals surface area contributed by atoms with Gasteiger partial charge in [0, 0.05) is 35.5 Å². The molecule has 0 fully saturated rings. The molecule has 0 amide bonds. The number of hydrogen-bond donors (Lipinski definition) is 0. The Hall–Kier alpha value is -3.63. The van der Waals surface area contributed by atoms with Crippen molar-refractivity contribution in [3.05, 3.63) is 87.9 Å². The summed E-state index contributed by atoms with van der Waals surface area (Å²) in [5.74, 6) is -0.142. The van der Waals surface area contributed by atoms with Gasteiger partial charge in [-0.3, -0.25) is 4.79 Å². The zero-order valence-corrected chi connectivity index (χ0v) is 17.5. The van der Waals surface area contributed by atoms with Crippen LogP contribution >= 0.6 is 0 Å². The van der Waals surface area contributed by atoms with Gasteiger partial charge in [0.05, 0.1) is 12.6 Å². The lowest BCUT2D eigenvalue weighted by Gasteiger charge is -2.24. The average molecular weight is 396 g/mol. The molecule has 3 rings (SSSR count). The van der Waals surface area contributed by atoms with Crippen LogP contribution in [0.15, 0.2) is 59.8 Å². The molecule has 0 aromatic heterocycles. The first-order chi connectivity index (χ1) is 14.6. The summed E-state index contributed by atoms with van der Waals surface area (Å²) < 4.78 is 0. The third kappa shape index (κ3) is 4.19. The molecule has 0 N–H and O–H groups in total. The second-order valence-electron chi connectivity index (χ2n) is 7.31. The third-order valence-electron chi connectivity index (χ3n) is 5.25. The fraction of sp³-hybridized carbons (Fsp3) is 0.269. The first-order valence-electron chi connectivity index (χ1n) is 10.4. The number of carbonyl (C=O) groups is 1. The molecule has 0 saturated heterocycles. The van der Waals surface area contributed by atoms with E-state index >= 15 is 0 Å². The molecule has 150 valence electrons. The van der Waals surface area contributed by atoms with Crippen LogP contribution in [0.5, 0.6) is 0 Å². The summed E-state index contributed by atoms with van der Waals surface area (Å²) in [6.45, 7) is 13.8. The van der Waals surface area contributed by atoms with Gasteiger partial charge in [-0.25, -0.2) is 10.1 Å². The lowest BCUT2D eigenvalue weighted by Crippen LogP contribution is -2.25. The molecule has 2 aromatic carbocycles. The third-order valence-corrected chi connectivity index (χ3v) is 5.25. The van der Waals surface area contributed by atoms with Crippen molar-refractivity contribution in [3.63, 3.8) is 0 Å². The Labute approximate surface area is 178 Å². The molecule has 1 aliphatic carbocycles. The molecular weight excluding hydrogens is 370 g/mol. The van der Waals surface area contributed by atoms with E-state index in [1.54, 1.807) is 24.3 Å². The lowest BCUT2D eigenvalue weighted by atomic mass is 10.0. The number of nitrogens with zero attached hydrogens (tertiary/aromatic N) is 3. The molecule has 0 atom stereocenters. The van der Waals surface area contributed by atoms with Crippen molar-refractivity contribution in [2.75, 3.05) is 18.0 Å². The van der Waals surface area contributed by atoms with Crippen LogP contribution in [0.4, 0.5) is 5.69 Å². The summed E-state index contributed by atoms with van der Waals surface area (Å²) in [6.07, 6.45) is 5.19. The lowest BCUT2D eigenvalue weighted by molar-refractivity contribution is 0.104. The van der Waals surface area contributed by atoms with Gasteiger partial charge in [-0.15, -0.1) is 0 Å². The Morgan fingerprint density at radius 3 is 2.37 bits per heavy atom. The van der Waals surface area contributed by atoms with E-state index in [0.717, 1.165) is 37.9 Å². The molecule has 0 radical (unpaired) electrons. The van der Waals surface area contributed by atoms with Crippen LogP contribution in [0, 0.1) is 17.9 Å². The maximum Gasteiger partial charge on any atom is 0.270 e. The smallest absolute Gasteiger partial charge is 0.270 e. The molecule has 0 bridgehead atoms. The van der Waals surface area contributed by atoms with Crippen LogP contribution in [0.25, 0.3) is 16.5 Å². The van der Waals surface area contributed by atoms with E-state index in [0.29, 0.717) is 22.3 Å². The zero-order chi connectivity index (χ0) is 21.5. The highest BCUT2D eigenvalue weighted by Gasteiger charge is 2.31. The molecular formula is C26H25N3O. The van der Waals surface area contributed by atoms with E-state index in [-0.39, 0.29) is 11.5 Å². The number of nitriles is 1. The molecule has 0 heterocycles. The minimum Gasteiger partial charge on any atom is -0.372 e. The van der Waals surface area contributed by atoms with E-state index < -0.39 is 0 Å². The van der Waals surface area contributed by atoms with E-state index in [4.69, 9.17) is 6.57 Å². The van der Waals surface area contributed by atoms with Crippen molar-refractivity contribution in [1.82, 2.24) is 0 Å². The Kier molecular flexibility index (Phi) is 6.83. The van der Waals surface area contributed by atoms with E-state index in [9.17, 15) is 10.1 Å². The van der Waals surface area contributed by atoms with Crippen molar-refractivity contribution >= 4 is 23.1 Å². The van der Waals surface area contributed by atoms with Gasteiger partial charge in [0.25, 0.3) is 5.70 Å². The van der Waals surface area contributed by atoms with Crippen LogP contribution in [0.3, 0.4) is 0 Å². The Morgan fingerprint density at radius 1 is 1.07 bits per heavy atom. The predicted octanol–water partition coefficient (Wildman–Crippen LogP) is 6.14. The van der Waals surface area contributed by atoms with Gasteiger partial charge in [0.1, 0.15) is 0 Å². The number of allylic oxidation sites excluding steroid dienone is 3. The van der Waals surface area contributed by atoms with Crippen molar-refractivity contribution in [2.45, 2.75) is 33.1 Å². The van der Waals surface area contributed by atoms with E-state index in [2.05, 4.69) is 35.7 Å². The van der Waals surface area contributed by atoms with Crippen LogP contribution in [0.1, 0.15) is 54.6 Å². The van der Waals surface area contributed by atoms with Crippen LogP contribution < -0.4 is 4.90 Å². The minimum atomic E-state index is -0.142. The van der Waals surface area contributed by atoms with Crippen molar-refractivity contribution < 1.29 is 4.79 Å². The number of anilines is 1. The standard InChI is InChI=1S/C26H25N3O/c1-4-6-16-29(15-5-2)20-13-11-19(12-14-20)17-23-25(24(18-27)28-3)21-9-7-8-10-22(21)26(23)30/h7-14,17H,4-6,15-16H2,1-2H3/b23-17-,25-24-. The number of benzene rings is 2. The Bertz CT molecular complexity index is 1060. The summed E-state index contributed by atoms with van der Waals surface area (Å²) >= 11 is 0. The summed E-state index contributed by atoms with van der Waals surface area (Å²) in [6, 6.07) is 17.3. The second kappa shape index (κ2) is 9.72. The maximum atomic E-state index is 13.0. The van der Waals surface area contributed by atoms with E-state index in [1.807, 2.05) is 24.3 Å². The fourth-order valence-corrected chi connectivity index (χ4v) is 3.77. The van der Waals surface area contributed by atoms with Gasteiger partial charge in [-0.1, -0.05) is 56.7 Å². The molecule has 0 aliphatic heterocycles. The molecule has 0 saturated carbocycles. The van der Waals surface area contributed by atoms with Crippen molar-refractivity contribution in [1.29, 1.82) is 5.26 Å². The van der Waals surface area contributed by atoms with E-state index in [1.165, 1.54) is 5.69 Å². The molecule has 4 nitrogen and oxygen atoms in total. The van der Waals surface area contributed by atoms with Gasteiger partial charge in [0.15, 0.2) is 5.78 Å². The predicted molar refractivity (Wildman–Crippen MR) is 122 cm³/mol. The molecule has 0 unspecified atom stereocenters. The molecule has 0 spiro atoms. The quantitative estimate of drug-likeness (QED) is 0.321. The first-order valence-corrected chi connectivity index (χ1v) is 10.4. The highest BCUT2D eigenvalue weighted by Crippen LogP contribution is 2.40. The normalized spacial score (nSPS) is 15.5. The number of Topliss-reactive ketones (excluding diaryl/α,β-unsaturated/α-hetero) is 1. The SMILES string of the molecule is [C-]#[N+]/C(C#N)=C1\C(=C\c2ccc(N(CCC)CCCC)cc2)C(=O)c2ccccc21. The average Bonchev–Trinajstić information content (AvgIpc) is 3.05. The zero-order valence-electron chi connectivity index (χ0n) is 17.5. The minimum absolute atomic E-state index is 0.0511. The summed E-state index contributed by atoms with van der Waals surface area (Å²) in [5.41, 5.74) is 4.04. The van der Waals surface area contributed by atoms with Crippen molar-refractivity contribution in [3.8, 4) is 6.07 Å². The summed E-state index contributed by atoms with van der Waals surface area (Å²) in [4.78, 5) is 18.8. The summed E-state index contributed by atoms with van der Waals surface area (Å²) in [7, 11) is 0. The Morgan fingerprint density at radius 2 is 1.77 bits per heavy atom. The number of carbonyl (C=O) groups excluding carboxylic acids is 1. The molecule has 2 aromatic rings. The topological polar surface area (TPSA) is 48.5 Å². The maximum absolute atomic E-state index is 13.0. The van der Waals surface area contributed by atoms with Gasteiger partial charge >= 0.3 is 0 Å². The van der Waals surface area contributed by atoms with Gasteiger partial charge in [-0.05, 0) is 42.2 Å². The van der Waals surface area contributed by atoms with Crippen LogP contribution in [-0.2, 0) is 0 Å². The molecule has 30 heavy (non-hydrogen) atoms. The Balaban J connectivity index is 2.00. The molecule has 4 heteroatoms. The van der Waals surface area contributed by atoms with Crippen molar-refractivity contribution in [2.24, 2.45) is 0 Å². The number of fused-ring (bicyclic) bond motifs is 1. The highest BCUT2D eigenvalue weighted by molar-refractivity contribution is 6.29. The van der Waals surface area contributed by atoms with Gasteiger partial charge in [0.2, 0.25) is 0 Å². The number of rotatable bonds is 7. The second-order valence-corrected chi connectivity index (χ2v) is 7.31. The van der Waals surface area contributed by atoms with Crippen LogP contribution in [-0.4, -0.2) is 18.9 Å². The number of unbranched alkanes of at least 4 members (excludes halogenated alkanes) is 1. The molecule has 1 aliphatic rings. The highest BCUT2D eigenvalue weighted by atomic mass is 16.1. The number of hydrogen-bond acceptors (Lipinski definition) is 3. The van der Waals surface area contributed by atoms with Gasteiger partial charge < -0.3 is 4.90 Å². The number of ketones is 1. The monoisotopic (exact) mass is 395 g/mol. The summed E-state index contributed by atoms with van der Waals surface area (Å²) in [5, 5.41) is 9.44. The van der Waals surface area contributed by atoms with Crippen LogP contribution in [0.2, 0.25) is 0 Å². The van der Waals surface area contributed by atoms with Gasteiger partial charge in [-0.2, -0.15) is 0 Å². The first kappa shape index (κ1) is 21.1. The largest absolute Gasteiger partial charge is 0.372 e. The fourth-order valence-electron chi connectivity index (χ4n) is 3.77.